The SMILES string of the molecule is IOCCn1ccnn1. The molecule has 0 aliphatic heterocycles. The van der Waals surface area contributed by atoms with Crippen LogP contribution in [0, 0.1) is 0 Å². The summed E-state index contributed by atoms with van der Waals surface area (Å²) in [5.41, 5.74) is 0. The Kier molecular flexibility index (Phi) is 2.92. The first-order valence-corrected chi connectivity index (χ1v) is 3.39. The molecule has 0 N–H and O–H groups in total. The molecule has 0 atom stereocenters. The third-order valence-electron chi connectivity index (χ3n) is 0.869. The first-order valence-electron chi connectivity index (χ1n) is 2.51. The highest BCUT2D eigenvalue weighted by Gasteiger charge is 1.87. The molecule has 0 fully saturated rings. The van der Waals surface area contributed by atoms with Crippen molar-refractivity contribution < 1.29 is 3.07 Å². The van der Waals surface area contributed by atoms with Gasteiger partial charge in [-0.3, -0.25) is 4.68 Å². The molecule has 0 aliphatic rings. The summed E-state index contributed by atoms with van der Waals surface area (Å²) >= 11 is 1.85. The number of hydrogen-bond donors (Lipinski definition) is 0. The topological polar surface area (TPSA) is 39.9 Å². The van der Waals surface area contributed by atoms with Crippen LogP contribution in [0.5, 0.6) is 0 Å². The third kappa shape index (κ3) is 2.27. The van der Waals surface area contributed by atoms with E-state index in [1.54, 1.807) is 17.1 Å². The van der Waals surface area contributed by atoms with Crippen molar-refractivity contribution in [3.63, 3.8) is 0 Å². The van der Waals surface area contributed by atoms with Crippen molar-refractivity contribution in [2.45, 2.75) is 6.54 Å². The molecule has 50 valence electrons. The van der Waals surface area contributed by atoms with Crippen LogP contribution in [0.2, 0.25) is 0 Å². The van der Waals surface area contributed by atoms with Gasteiger partial charge in [0, 0.05) is 6.20 Å². The van der Waals surface area contributed by atoms with Gasteiger partial charge in [0.15, 0.2) is 0 Å². The molecule has 0 amide bonds. The van der Waals surface area contributed by atoms with E-state index in [9.17, 15) is 0 Å². The third-order valence-corrected chi connectivity index (χ3v) is 1.31. The fraction of sp³-hybridized carbons (Fsp3) is 0.500. The van der Waals surface area contributed by atoms with E-state index in [0.29, 0.717) is 6.61 Å². The Morgan fingerprint density at radius 3 is 3.11 bits per heavy atom. The Hall–Kier alpha value is -0.170. The van der Waals surface area contributed by atoms with Crippen LogP contribution in [-0.4, -0.2) is 21.6 Å². The van der Waals surface area contributed by atoms with E-state index in [4.69, 9.17) is 3.07 Å². The van der Waals surface area contributed by atoms with E-state index in [1.165, 1.54) is 0 Å². The molecule has 5 heteroatoms. The quantitative estimate of drug-likeness (QED) is 0.727. The van der Waals surface area contributed by atoms with Crippen LogP contribution >= 0.6 is 23.0 Å². The molecule has 0 unspecified atom stereocenters. The molecule has 1 aromatic rings. The van der Waals surface area contributed by atoms with Crippen molar-refractivity contribution in [1.82, 2.24) is 15.0 Å². The van der Waals surface area contributed by atoms with Gasteiger partial charge in [0.05, 0.1) is 19.3 Å². The van der Waals surface area contributed by atoms with E-state index in [0.717, 1.165) is 6.54 Å². The van der Waals surface area contributed by atoms with Gasteiger partial charge in [0.1, 0.15) is 23.0 Å². The Morgan fingerprint density at radius 1 is 1.67 bits per heavy atom. The van der Waals surface area contributed by atoms with Crippen LogP contribution < -0.4 is 0 Å². The maximum Gasteiger partial charge on any atom is 0.109 e. The summed E-state index contributed by atoms with van der Waals surface area (Å²) in [5, 5.41) is 7.37. The van der Waals surface area contributed by atoms with E-state index in [2.05, 4.69) is 10.3 Å². The molecule has 0 bridgehead atoms. The minimum atomic E-state index is 0.671. The highest BCUT2D eigenvalue weighted by atomic mass is 127. The zero-order valence-electron chi connectivity index (χ0n) is 4.70. The molecular weight excluding hydrogens is 233 g/mol. The fourth-order valence-corrected chi connectivity index (χ4v) is 0.677. The van der Waals surface area contributed by atoms with Crippen molar-refractivity contribution in [2.24, 2.45) is 0 Å². The average molecular weight is 239 g/mol. The largest absolute Gasteiger partial charge is 0.314 e. The second kappa shape index (κ2) is 3.78. The smallest absolute Gasteiger partial charge is 0.109 e. The normalized spacial score (nSPS) is 9.89. The van der Waals surface area contributed by atoms with Crippen LogP contribution in [0.15, 0.2) is 12.4 Å². The minimum Gasteiger partial charge on any atom is -0.314 e. The van der Waals surface area contributed by atoms with Crippen molar-refractivity contribution in [3.8, 4) is 0 Å². The zero-order valence-corrected chi connectivity index (χ0v) is 6.85. The summed E-state index contributed by atoms with van der Waals surface area (Å²) in [6.07, 6.45) is 3.45. The summed E-state index contributed by atoms with van der Waals surface area (Å²) in [4.78, 5) is 0. The van der Waals surface area contributed by atoms with E-state index >= 15 is 0 Å². The monoisotopic (exact) mass is 239 g/mol. The molecule has 9 heavy (non-hydrogen) atoms. The molecule has 0 saturated heterocycles. The summed E-state index contributed by atoms with van der Waals surface area (Å²) in [6.45, 7) is 1.44. The lowest BCUT2D eigenvalue weighted by molar-refractivity contribution is 0.376. The number of hydrogen-bond acceptors (Lipinski definition) is 3. The first-order chi connectivity index (χ1) is 4.43. The molecule has 4 nitrogen and oxygen atoms in total. The first kappa shape index (κ1) is 6.94. The lowest BCUT2D eigenvalue weighted by atomic mass is 10.7. The minimum absolute atomic E-state index is 0.671. The molecule has 1 heterocycles. The average Bonchev–Trinajstić information content (AvgIpc) is 2.34. The highest BCUT2D eigenvalue weighted by Crippen LogP contribution is 1.87. The summed E-state index contributed by atoms with van der Waals surface area (Å²) in [5.74, 6) is 0. The molecule has 1 aromatic heterocycles. The van der Waals surface area contributed by atoms with Gasteiger partial charge in [-0.05, 0) is 0 Å². The molecule has 1 rings (SSSR count). The lowest BCUT2D eigenvalue weighted by Gasteiger charge is -1.94. The van der Waals surface area contributed by atoms with Crippen molar-refractivity contribution in [2.75, 3.05) is 6.61 Å². The Morgan fingerprint density at radius 2 is 2.56 bits per heavy atom. The molecule has 0 aliphatic carbocycles. The Bertz CT molecular complexity index is 153. The highest BCUT2D eigenvalue weighted by molar-refractivity contribution is 14.1. The predicted octanol–water partition coefficient (Wildman–Crippen LogP) is 0.645. The van der Waals surface area contributed by atoms with Crippen LogP contribution in [0.3, 0.4) is 0 Å². The molecule has 0 aromatic carbocycles. The van der Waals surface area contributed by atoms with Gasteiger partial charge in [0.25, 0.3) is 0 Å². The van der Waals surface area contributed by atoms with Crippen LogP contribution in [0.1, 0.15) is 0 Å². The van der Waals surface area contributed by atoms with Crippen LogP contribution in [0.4, 0.5) is 0 Å². The second-order valence-electron chi connectivity index (χ2n) is 1.48. The molecule has 0 spiro atoms. The van der Waals surface area contributed by atoms with E-state index < -0.39 is 0 Å². The summed E-state index contributed by atoms with van der Waals surface area (Å²) in [6, 6.07) is 0. The van der Waals surface area contributed by atoms with Gasteiger partial charge in [-0.25, -0.2) is 0 Å². The summed E-state index contributed by atoms with van der Waals surface area (Å²) in [7, 11) is 0. The van der Waals surface area contributed by atoms with Gasteiger partial charge in [-0.15, -0.1) is 5.10 Å². The van der Waals surface area contributed by atoms with Gasteiger partial charge in [-0.2, -0.15) is 0 Å². The van der Waals surface area contributed by atoms with Gasteiger partial charge >= 0.3 is 0 Å². The molecule has 0 radical (unpaired) electrons. The summed E-state index contributed by atoms with van der Waals surface area (Å²) < 4.78 is 6.52. The number of aromatic nitrogens is 3. The molecular formula is C4H6IN3O. The maximum absolute atomic E-state index is 4.80. The fourth-order valence-electron chi connectivity index (χ4n) is 0.480. The Labute approximate surface area is 66.9 Å². The van der Waals surface area contributed by atoms with Crippen molar-refractivity contribution in [3.05, 3.63) is 12.4 Å². The van der Waals surface area contributed by atoms with Crippen LogP contribution in [0.25, 0.3) is 0 Å². The Balaban J connectivity index is 2.30. The van der Waals surface area contributed by atoms with E-state index in [1.807, 2.05) is 23.0 Å². The molecule has 0 saturated carbocycles. The second-order valence-corrected chi connectivity index (χ2v) is 2.10. The van der Waals surface area contributed by atoms with Crippen LogP contribution in [-0.2, 0) is 9.61 Å². The van der Waals surface area contributed by atoms with Gasteiger partial charge < -0.3 is 3.07 Å². The van der Waals surface area contributed by atoms with Gasteiger partial charge in [0.2, 0.25) is 0 Å². The standard InChI is InChI=1S/C4H6IN3O/c5-9-4-3-8-2-1-6-7-8/h1-2H,3-4H2. The number of nitrogens with zero attached hydrogens (tertiary/aromatic N) is 3. The van der Waals surface area contributed by atoms with Gasteiger partial charge in [-0.1, -0.05) is 5.21 Å². The van der Waals surface area contributed by atoms with E-state index in [-0.39, 0.29) is 0 Å². The van der Waals surface area contributed by atoms with Crippen molar-refractivity contribution in [1.29, 1.82) is 0 Å². The predicted molar refractivity (Wildman–Crippen MR) is 40.0 cm³/mol. The zero-order chi connectivity index (χ0) is 6.53. The lowest BCUT2D eigenvalue weighted by Crippen LogP contribution is -2.02. The van der Waals surface area contributed by atoms with Crippen molar-refractivity contribution >= 4 is 23.0 Å². The maximum atomic E-state index is 4.80. The number of rotatable bonds is 3. The number of halogens is 1.